The number of fused-ring (bicyclic) bond motifs is 1. The smallest absolute Gasteiger partial charge is 0.355 e. The summed E-state index contributed by atoms with van der Waals surface area (Å²) < 4.78 is 10.9. The zero-order valence-electron chi connectivity index (χ0n) is 34.5. The topological polar surface area (TPSA) is 300 Å². The molecule has 1 amide bonds. The normalized spacial score (nSPS) is 28.8. The number of aliphatic hydroxyl groups is 5. The van der Waals surface area contributed by atoms with Gasteiger partial charge < -0.3 is 66.4 Å². The summed E-state index contributed by atoms with van der Waals surface area (Å²) in [7, 11) is 0. The molecule has 11 N–H and O–H groups in total. The van der Waals surface area contributed by atoms with Crippen LogP contribution in [0.2, 0.25) is 0 Å². The number of hydrogen-bond donors (Lipinski definition) is 10. The van der Waals surface area contributed by atoms with Gasteiger partial charge in [-0.2, -0.15) is 0 Å². The molecule has 1 saturated carbocycles. The number of carboxylic acids is 1. The number of benzene rings is 3. The van der Waals surface area contributed by atoms with Crippen LogP contribution in [0.15, 0.2) is 90.1 Å². The molecule has 18 nitrogen and oxygen atoms in total. The van der Waals surface area contributed by atoms with E-state index < -0.39 is 77.7 Å². The summed E-state index contributed by atoms with van der Waals surface area (Å²) >= 11 is 0. The van der Waals surface area contributed by atoms with Crippen LogP contribution in [0.1, 0.15) is 60.3 Å². The number of phenolic OH excluding ortho intramolecular Hbond substituents is 2. The van der Waals surface area contributed by atoms with E-state index in [1.54, 1.807) is 18.3 Å². The number of nitrogens with zero attached hydrogens (tertiary/aromatic N) is 4. The summed E-state index contributed by atoms with van der Waals surface area (Å²) in [5, 5.41) is 94.7. The number of aromatic nitrogens is 1. The molecule has 1 saturated heterocycles. The lowest BCUT2D eigenvalue weighted by atomic mass is 9.68. The van der Waals surface area contributed by atoms with Gasteiger partial charge >= 0.3 is 17.7 Å². The molecule has 18 heteroatoms. The lowest BCUT2D eigenvalue weighted by Crippen LogP contribution is -2.67. The lowest BCUT2D eigenvalue weighted by Gasteiger charge is -2.44. The molecule has 9 unspecified atom stereocenters. The van der Waals surface area contributed by atoms with Crippen LogP contribution in [0.25, 0.3) is 16.7 Å². The predicted octanol–water partition coefficient (Wildman–Crippen LogP) is 3.48. The van der Waals surface area contributed by atoms with Crippen LogP contribution in [0.4, 0.5) is 11.5 Å². The van der Waals surface area contributed by atoms with Crippen molar-refractivity contribution >= 4 is 35.2 Å². The highest BCUT2D eigenvalue weighted by atomic mass is 16.8. The van der Waals surface area contributed by atoms with E-state index in [1.165, 1.54) is 31.0 Å². The minimum atomic E-state index is -3.13. The number of nitrogens with two attached hydrogens (primary N) is 1. The number of carboxylic acid groups (broad SMARTS) is 1. The number of aliphatic hydroxyl groups excluding tert-OH is 4. The molecule has 4 aromatic rings. The molecule has 0 spiro atoms. The number of hydrogen-bond acceptors (Lipinski definition) is 13. The van der Waals surface area contributed by atoms with Gasteiger partial charge in [0.15, 0.2) is 23.6 Å². The van der Waals surface area contributed by atoms with Crippen molar-refractivity contribution in [3.05, 3.63) is 131 Å². The molecular weight excluding hydrogens is 829 g/mol. The van der Waals surface area contributed by atoms with E-state index in [-0.39, 0.29) is 35.9 Å². The number of carbonyl (C=O) groups is 2. The molecule has 2 fully saturated rings. The van der Waals surface area contributed by atoms with E-state index in [0.717, 1.165) is 28.8 Å². The molecule has 9 atom stereocenters. The summed E-state index contributed by atoms with van der Waals surface area (Å²) in [5.41, 5.74) is 8.99. The Morgan fingerprint density at radius 3 is 2.58 bits per heavy atom. The summed E-state index contributed by atoms with van der Waals surface area (Å²) in [5.74, 6) is -6.71. The second-order valence-corrected chi connectivity index (χ2v) is 16.6. The third-order valence-corrected chi connectivity index (χ3v) is 12.7. The number of ether oxygens (including phenoxy) is 2. The number of nitrogens with one attached hydrogen (secondary N) is 1. The van der Waals surface area contributed by atoms with Crippen LogP contribution >= 0.6 is 0 Å². The van der Waals surface area contributed by atoms with Crippen LogP contribution < -0.4 is 15.4 Å². The van der Waals surface area contributed by atoms with E-state index in [0.29, 0.717) is 48.7 Å². The largest absolute Gasteiger partial charge is 0.508 e. The van der Waals surface area contributed by atoms with E-state index in [2.05, 4.69) is 20.6 Å². The number of amides is 1. The molecule has 336 valence electrons. The number of aromatic amines is 1. The molecular formula is C46H50N6O12. The standard InChI is InChI=1S/C46H50N6O12/c47-37-8-4-15-45(37,27-6-2-1-3-7-27)22-29-28-20-34(55)35(63-46(62)43(59)42(58)41(57)36(23-53)64-46)21-32(28)52(40(29)44(60)61)39(56)13-11-25-10-12-33(54)26(18-25)19-31-30(50-24-51-31)14-17-49-38-9-5-16-48-38/h1-3,5-7,9-13,16,18,20-21,24,29,36-37,40-43,48,53,55,57-59,62H,4,8,14-15,17,19,22-23,47H2,(H,54,56)(H,60,61). The fourth-order valence-electron chi connectivity index (χ4n) is 9.43. The van der Waals surface area contributed by atoms with Crippen molar-refractivity contribution in [3.63, 3.8) is 0 Å². The van der Waals surface area contributed by atoms with Crippen molar-refractivity contribution in [2.75, 3.05) is 18.1 Å². The molecule has 0 bridgehead atoms. The Kier molecular flexibility index (Phi) is 12.6. The highest BCUT2D eigenvalue weighted by Crippen LogP contribution is 2.54. The van der Waals surface area contributed by atoms with Gasteiger partial charge in [-0.05, 0) is 66.8 Å². The van der Waals surface area contributed by atoms with Crippen LogP contribution in [0.3, 0.4) is 0 Å². The van der Waals surface area contributed by atoms with Crippen molar-refractivity contribution in [3.8, 4) is 17.2 Å². The number of aromatic hydroxyl groups is 2. The second kappa shape index (κ2) is 18.2. The minimum Gasteiger partial charge on any atom is -0.508 e. The van der Waals surface area contributed by atoms with Crippen LogP contribution in [0, 0.1) is 12.7 Å². The maximum atomic E-state index is 14.6. The van der Waals surface area contributed by atoms with Crippen LogP contribution in [-0.4, -0.2) is 119 Å². The number of rotatable bonds is 15. The van der Waals surface area contributed by atoms with Crippen molar-refractivity contribution in [2.24, 2.45) is 10.7 Å². The lowest BCUT2D eigenvalue weighted by molar-refractivity contribution is -0.422. The van der Waals surface area contributed by atoms with Gasteiger partial charge in [0.1, 0.15) is 36.5 Å². The van der Waals surface area contributed by atoms with Gasteiger partial charge in [-0.3, -0.25) is 15.0 Å². The highest BCUT2D eigenvalue weighted by Gasteiger charge is 2.56. The Hall–Kier alpha value is -6.09. The number of aliphatic imine (C=N–C) groups is 1. The molecule has 3 aromatic carbocycles. The Balaban J connectivity index is 1.11. The SMILES string of the molecule is NC1CCCC1(CC1c2cc(O)c(OC3(O)OC(CO)C(O)C(O)C3O)cc2N(C(=O)C=Cc2ccc(O)c(C[C+]3[N-][CH+]N=C3CC[N-]c3ccc[nH]3)c2)C1C(=O)O)c1ccccc1. The van der Waals surface area contributed by atoms with Crippen LogP contribution in [0.5, 0.6) is 17.2 Å². The number of aliphatic carboxylic acids is 1. The third-order valence-electron chi connectivity index (χ3n) is 12.7. The first kappa shape index (κ1) is 44.5. The quantitative estimate of drug-likeness (QED) is 0.0466. The first-order valence-corrected chi connectivity index (χ1v) is 21.0. The average molecular weight is 879 g/mol. The maximum Gasteiger partial charge on any atom is 0.355 e. The van der Waals surface area contributed by atoms with Crippen molar-refractivity contribution in [2.45, 2.75) is 92.3 Å². The first-order chi connectivity index (χ1) is 30.7. The predicted molar refractivity (Wildman–Crippen MR) is 232 cm³/mol. The van der Waals surface area contributed by atoms with Gasteiger partial charge in [-0.25, -0.2) is 4.79 Å². The molecule has 1 aliphatic carbocycles. The van der Waals surface area contributed by atoms with Crippen molar-refractivity contribution in [1.29, 1.82) is 0 Å². The zero-order chi connectivity index (χ0) is 45.3. The van der Waals surface area contributed by atoms with Gasteiger partial charge in [0, 0.05) is 35.1 Å². The number of H-pyrrole nitrogens is 1. The number of carbonyl (C=O) groups excluding carboxylic acids is 1. The van der Waals surface area contributed by atoms with E-state index in [9.17, 15) is 50.4 Å². The second-order valence-electron chi connectivity index (χ2n) is 16.6. The molecule has 8 rings (SSSR count). The molecule has 1 aromatic heterocycles. The molecule has 3 aliphatic heterocycles. The van der Waals surface area contributed by atoms with Gasteiger partial charge in [-0.15, -0.1) is 0 Å². The zero-order valence-corrected chi connectivity index (χ0v) is 34.5. The Bertz CT molecular complexity index is 2380. The third kappa shape index (κ3) is 8.49. The molecule has 4 heterocycles. The van der Waals surface area contributed by atoms with Crippen LogP contribution in [-0.2, 0) is 26.2 Å². The summed E-state index contributed by atoms with van der Waals surface area (Å²) in [6.07, 6.45) is -0.415. The summed E-state index contributed by atoms with van der Waals surface area (Å²) in [4.78, 5) is 36.5. The molecule has 64 heavy (non-hydrogen) atoms. The van der Waals surface area contributed by atoms with Gasteiger partial charge in [0.25, 0.3) is 5.91 Å². The molecule has 4 aliphatic rings. The average Bonchev–Trinajstić information content (AvgIpc) is 4.10. The fraction of sp³-hybridized carbons (Fsp3) is 0.370. The van der Waals surface area contributed by atoms with Crippen molar-refractivity contribution in [1.82, 2.24) is 4.98 Å². The minimum absolute atomic E-state index is 0.0124. The first-order valence-electron chi connectivity index (χ1n) is 21.0. The van der Waals surface area contributed by atoms with E-state index in [4.69, 9.17) is 15.2 Å². The van der Waals surface area contributed by atoms with E-state index >= 15 is 0 Å². The summed E-state index contributed by atoms with van der Waals surface area (Å²) in [6.45, 7) is 1.01. The molecule has 0 radical (unpaired) electrons. The Labute approximate surface area is 368 Å². The number of phenols is 2. The van der Waals surface area contributed by atoms with Gasteiger partial charge in [0.2, 0.25) is 0 Å². The van der Waals surface area contributed by atoms with E-state index in [1.807, 2.05) is 42.5 Å². The highest BCUT2D eigenvalue weighted by molar-refractivity contribution is 6.10. The fourth-order valence-corrected chi connectivity index (χ4v) is 9.43. The number of anilines is 1. The Morgan fingerprint density at radius 1 is 1.08 bits per heavy atom. The summed E-state index contributed by atoms with van der Waals surface area (Å²) in [6, 6.07) is 19.0. The van der Waals surface area contributed by atoms with Gasteiger partial charge in [0.05, 0.1) is 25.4 Å². The van der Waals surface area contributed by atoms with Gasteiger partial charge in [-0.1, -0.05) is 72.0 Å². The van der Waals surface area contributed by atoms with Crippen molar-refractivity contribution < 1.29 is 59.9 Å². The monoisotopic (exact) mass is 878 g/mol. The Morgan fingerprint density at radius 2 is 1.88 bits per heavy atom. The maximum absolute atomic E-state index is 14.6.